The fraction of sp³-hybridized carbons (Fsp3) is 0.533. The molecule has 4 atom stereocenters. The van der Waals surface area contributed by atoms with E-state index in [4.69, 9.17) is 18.9 Å². The molecule has 0 heterocycles. The standard InChI is InChI=1S/C48H74O9.C12H10/c1-9-17-21-34(13-5)30-54-45(50)40-26-25-38(29-42(40)47(52)56-32-36(15-7)23-19-11-3)39-27-28-41(46(51)55-31-35(14-6)22-18-10-2)44(49)43(39)48(53)57-33-37(16-8)24-20-12-4;1-3-7-11(8-4-1)12-9-5-2-6-10-12/h25-29,34-37,49H,9-24,30-33H2,1-8H3;1-10H. The quantitative estimate of drug-likeness (QED) is 0.0402. The van der Waals surface area contributed by atoms with Crippen molar-refractivity contribution < 1.29 is 43.2 Å². The van der Waals surface area contributed by atoms with E-state index in [2.05, 4.69) is 97.0 Å². The van der Waals surface area contributed by atoms with Crippen LogP contribution in [0.4, 0.5) is 0 Å². The monoisotopic (exact) mass is 949 g/mol. The highest BCUT2D eigenvalue weighted by molar-refractivity contribution is 6.07. The van der Waals surface area contributed by atoms with Crippen LogP contribution in [0.1, 0.15) is 200 Å². The molecule has 0 fully saturated rings. The van der Waals surface area contributed by atoms with Crippen LogP contribution in [0.5, 0.6) is 5.75 Å². The van der Waals surface area contributed by atoms with Gasteiger partial charge in [0.15, 0.2) is 0 Å². The molecule has 4 rings (SSSR count). The zero-order valence-corrected chi connectivity index (χ0v) is 43.3. The van der Waals surface area contributed by atoms with Crippen LogP contribution in [0.2, 0.25) is 0 Å². The Kier molecular flexibility index (Phi) is 27.8. The lowest BCUT2D eigenvalue weighted by Crippen LogP contribution is -2.20. The predicted molar refractivity (Wildman–Crippen MR) is 280 cm³/mol. The fourth-order valence-electron chi connectivity index (χ4n) is 8.19. The van der Waals surface area contributed by atoms with Crippen molar-refractivity contribution in [2.75, 3.05) is 26.4 Å². The molecule has 0 saturated carbocycles. The first kappa shape index (κ1) is 57.9. The van der Waals surface area contributed by atoms with Crippen molar-refractivity contribution in [3.8, 4) is 28.0 Å². The summed E-state index contributed by atoms with van der Waals surface area (Å²) in [5.41, 5.74) is 2.83. The molecule has 1 N–H and O–H groups in total. The van der Waals surface area contributed by atoms with Crippen LogP contribution in [-0.2, 0) is 18.9 Å². The Labute approximate surface area is 415 Å². The van der Waals surface area contributed by atoms with E-state index in [9.17, 15) is 24.3 Å². The Morgan fingerprint density at radius 3 is 1.13 bits per heavy atom. The number of carbonyl (C=O) groups is 4. The highest BCUT2D eigenvalue weighted by atomic mass is 16.5. The zero-order chi connectivity index (χ0) is 50.4. The molecular formula is C60H84O9. The number of phenolic OH excluding ortho intramolecular Hbond substituents is 1. The molecule has 378 valence electrons. The minimum absolute atomic E-state index is 0.00459. The van der Waals surface area contributed by atoms with Crippen LogP contribution in [0.3, 0.4) is 0 Å². The maximum Gasteiger partial charge on any atom is 0.342 e. The predicted octanol–water partition coefficient (Wildman–Crippen LogP) is 15.9. The first-order valence-electron chi connectivity index (χ1n) is 26.3. The Morgan fingerprint density at radius 1 is 0.406 bits per heavy atom. The van der Waals surface area contributed by atoms with E-state index in [1.807, 2.05) is 19.1 Å². The number of unbranched alkanes of at least 4 members (excludes halogenated alkanes) is 4. The molecule has 0 aromatic heterocycles. The number of phenols is 1. The summed E-state index contributed by atoms with van der Waals surface area (Å²) in [6.45, 7) is 17.5. The third-order valence-electron chi connectivity index (χ3n) is 13.2. The topological polar surface area (TPSA) is 125 Å². The van der Waals surface area contributed by atoms with Crippen molar-refractivity contribution in [2.45, 2.75) is 158 Å². The number of hydrogen-bond acceptors (Lipinski definition) is 9. The lowest BCUT2D eigenvalue weighted by atomic mass is 9.93. The molecule has 0 bridgehead atoms. The van der Waals surface area contributed by atoms with Crippen LogP contribution < -0.4 is 0 Å². The van der Waals surface area contributed by atoms with E-state index < -0.39 is 29.6 Å². The van der Waals surface area contributed by atoms with Crippen molar-refractivity contribution in [1.29, 1.82) is 0 Å². The van der Waals surface area contributed by atoms with Crippen LogP contribution >= 0.6 is 0 Å². The highest BCUT2D eigenvalue weighted by Crippen LogP contribution is 2.36. The first-order chi connectivity index (χ1) is 33.5. The van der Waals surface area contributed by atoms with Gasteiger partial charge in [0.2, 0.25) is 0 Å². The van der Waals surface area contributed by atoms with Gasteiger partial charge < -0.3 is 24.1 Å². The number of aromatic hydroxyl groups is 1. The fourth-order valence-corrected chi connectivity index (χ4v) is 8.19. The Bertz CT molecular complexity index is 2060. The highest BCUT2D eigenvalue weighted by Gasteiger charge is 2.29. The van der Waals surface area contributed by atoms with Gasteiger partial charge in [0.1, 0.15) is 16.9 Å². The summed E-state index contributed by atoms with van der Waals surface area (Å²) in [6.07, 6.45) is 15.2. The summed E-state index contributed by atoms with van der Waals surface area (Å²) < 4.78 is 23.2. The number of rotatable bonds is 30. The number of carbonyl (C=O) groups excluding carboxylic acids is 4. The van der Waals surface area contributed by atoms with Gasteiger partial charge in [-0.3, -0.25) is 0 Å². The largest absolute Gasteiger partial charge is 0.506 e. The SMILES string of the molecule is CCCCC(CC)COC(=O)c1ccc(-c2ccc(C(=O)OCC(CC)CCCC)c(O)c2C(=O)OCC(CC)CCCC)cc1C(=O)OCC(CC)CCCC.c1ccc(-c2ccccc2)cc1. The Hall–Kier alpha value is -5.44. The molecule has 0 amide bonds. The van der Waals surface area contributed by atoms with Crippen LogP contribution in [0.25, 0.3) is 22.3 Å². The second-order valence-corrected chi connectivity index (χ2v) is 18.4. The van der Waals surface area contributed by atoms with E-state index in [0.29, 0.717) is 5.56 Å². The number of ether oxygens (including phenoxy) is 4. The van der Waals surface area contributed by atoms with E-state index in [1.54, 1.807) is 12.1 Å². The van der Waals surface area contributed by atoms with Crippen LogP contribution in [0.15, 0.2) is 91.0 Å². The van der Waals surface area contributed by atoms with E-state index in [0.717, 1.165) is 103 Å². The van der Waals surface area contributed by atoms with Crippen molar-refractivity contribution in [2.24, 2.45) is 23.7 Å². The maximum absolute atomic E-state index is 14.0. The van der Waals surface area contributed by atoms with Gasteiger partial charge in [-0.25, -0.2) is 19.2 Å². The lowest BCUT2D eigenvalue weighted by molar-refractivity contribution is 0.0381. The van der Waals surface area contributed by atoms with E-state index in [-0.39, 0.29) is 77.9 Å². The summed E-state index contributed by atoms with van der Waals surface area (Å²) in [5, 5.41) is 11.7. The van der Waals surface area contributed by atoms with Crippen molar-refractivity contribution >= 4 is 23.9 Å². The molecular weight excluding hydrogens is 865 g/mol. The van der Waals surface area contributed by atoms with Gasteiger partial charge in [-0.2, -0.15) is 0 Å². The molecule has 4 aromatic rings. The molecule has 0 radical (unpaired) electrons. The molecule has 0 saturated heterocycles. The van der Waals surface area contributed by atoms with Gasteiger partial charge in [-0.05, 0) is 84.2 Å². The smallest absolute Gasteiger partial charge is 0.342 e. The molecule has 9 heteroatoms. The van der Waals surface area contributed by atoms with Crippen molar-refractivity contribution in [1.82, 2.24) is 0 Å². The van der Waals surface area contributed by atoms with Crippen molar-refractivity contribution in [3.63, 3.8) is 0 Å². The van der Waals surface area contributed by atoms with Gasteiger partial charge in [0.05, 0.1) is 37.6 Å². The van der Waals surface area contributed by atoms with Gasteiger partial charge in [0, 0.05) is 5.56 Å². The first-order valence-corrected chi connectivity index (χ1v) is 26.3. The Morgan fingerprint density at radius 2 is 0.754 bits per heavy atom. The molecule has 69 heavy (non-hydrogen) atoms. The maximum atomic E-state index is 14.0. The van der Waals surface area contributed by atoms with Gasteiger partial charge >= 0.3 is 23.9 Å². The zero-order valence-electron chi connectivity index (χ0n) is 43.3. The molecule has 0 aliphatic rings. The summed E-state index contributed by atoms with van der Waals surface area (Å²) in [7, 11) is 0. The molecule has 4 aromatic carbocycles. The van der Waals surface area contributed by atoms with Crippen LogP contribution in [0, 0.1) is 23.7 Å². The van der Waals surface area contributed by atoms with Crippen molar-refractivity contribution in [3.05, 3.63) is 113 Å². The average molecular weight is 949 g/mol. The molecule has 0 aliphatic carbocycles. The average Bonchev–Trinajstić information content (AvgIpc) is 3.38. The minimum atomic E-state index is -0.798. The lowest BCUT2D eigenvalue weighted by Gasteiger charge is -2.19. The summed E-state index contributed by atoms with van der Waals surface area (Å²) >= 11 is 0. The number of benzene rings is 4. The van der Waals surface area contributed by atoms with E-state index >= 15 is 0 Å². The number of hydrogen-bond donors (Lipinski definition) is 1. The van der Waals surface area contributed by atoms with Gasteiger partial charge in [-0.1, -0.05) is 205 Å². The van der Waals surface area contributed by atoms with Crippen LogP contribution in [-0.4, -0.2) is 55.4 Å². The van der Waals surface area contributed by atoms with Gasteiger partial charge in [-0.15, -0.1) is 0 Å². The molecule has 9 nitrogen and oxygen atoms in total. The minimum Gasteiger partial charge on any atom is -0.506 e. The third kappa shape index (κ3) is 19.5. The summed E-state index contributed by atoms with van der Waals surface area (Å²) in [4.78, 5) is 55.0. The molecule has 0 spiro atoms. The third-order valence-corrected chi connectivity index (χ3v) is 13.2. The second-order valence-electron chi connectivity index (χ2n) is 18.4. The van der Waals surface area contributed by atoms with Gasteiger partial charge in [0.25, 0.3) is 0 Å². The molecule has 0 aliphatic heterocycles. The normalized spacial score (nSPS) is 12.7. The Balaban J connectivity index is 0.000000898. The summed E-state index contributed by atoms with van der Waals surface area (Å²) in [6, 6.07) is 28.4. The molecule has 4 unspecified atom stereocenters. The summed E-state index contributed by atoms with van der Waals surface area (Å²) in [5.74, 6) is -2.72. The van der Waals surface area contributed by atoms with E-state index in [1.165, 1.54) is 29.3 Å². The second kappa shape index (κ2) is 33.2. The number of esters is 4.